The van der Waals surface area contributed by atoms with Crippen molar-refractivity contribution in [3.05, 3.63) is 66.2 Å². The number of hydrogen-bond donors (Lipinski definition) is 1. The van der Waals surface area contributed by atoms with Gasteiger partial charge in [-0.2, -0.15) is 0 Å². The minimum atomic E-state index is -0.00452. The van der Waals surface area contributed by atoms with Crippen molar-refractivity contribution < 1.29 is 14.3 Å². The molecule has 3 aromatic carbocycles. The molecule has 0 aromatic heterocycles. The molecule has 150 valence electrons. The molecule has 0 atom stereocenters. The normalized spacial score (nSPS) is 13.5. The lowest BCUT2D eigenvalue weighted by Gasteiger charge is -2.23. The Hall–Kier alpha value is -3.05. The lowest BCUT2D eigenvalue weighted by atomic mass is 10.1. The molecule has 29 heavy (non-hydrogen) atoms. The van der Waals surface area contributed by atoms with E-state index >= 15 is 0 Å². The van der Waals surface area contributed by atoms with Gasteiger partial charge in [0.05, 0.1) is 20.8 Å². The van der Waals surface area contributed by atoms with Crippen LogP contribution in [0.1, 0.15) is 18.4 Å². The molecule has 5 heteroatoms. The Labute approximate surface area is 171 Å². The van der Waals surface area contributed by atoms with Gasteiger partial charge in [0.15, 0.2) is 0 Å². The zero-order chi connectivity index (χ0) is 20.2. The predicted octanol–water partition coefficient (Wildman–Crippen LogP) is 4.46. The minimum Gasteiger partial charge on any atom is -0.497 e. The molecule has 1 aliphatic carbocycles. The monoisotopic (exact) mass is 390 g/mol. The van der Waals surface area contributed by atoms with E-state index in [1.165, 1.54) is 0 Å². The zero-order valence-electron chi connectivity index (χ0n) is 16.9. The van der Waals surface area contributed by atoms with E-state index in [0.29, 0.717) is 19.1 Å². The summed E-state index contributed by atoms with van der Waals surface area (Å²) in [6.07, 6.45) is 2.24. The van der Waals surface area contributed by atoms with Crippen LogP contribution >= 0.6 is 0 Å². The van der Waals surface area contributed by atoms with Gasteiger partial charge >= 0.3 is 0 Å². The van der Waals surface area contributed by atoms with Gasteiger partial charge in [-0.25, -0.2) is 0 Å². The Balaban J connectivity index is 1.50. The summed E-state index contributed by atoms with van der Waals surface area (Å²) in [7, 11) is 3.32. The highest BCUT2D eigenvalue weighted by molar-refractivity contribution is 6.02. The number of methoxy groups -OCH3 is 2. The quantitative estimate of drug-likeness (QED) is 0.617. The molecule has 1 fully saturated rings. The first-order chi connectivity index (χ1) is 14.2. The Morgan fingerprint density at radius 1 is 1.03 bits per heavy atom. The zero-order valence-corrected chi connectivity index (χ0v) is 16.9. The van der Waals surface area contributed by atoms with Crippen molar-refractivity contribution in [2.24, 2.45) is 0 Å². The predicted molar refractivity (Wildman–Crippen MR) is 116 cm³/mol. The number of fused-ring (bicyclic) bond motifs is 1. The summed E-state index contributed by atoms with van der Waals surface area (Å²) < 4.78 is 10.9. The Morgan fingerprint density at radius 3 is 2.59 bits per heavy atom. The average molecular weight is 390 g/mol. The second kappa shape index (κ2) is 8.53. The molecule has 1 amide bonds. The standard InChI is InChI=1S/C24H26N2O3/c1-28-20-12-13-23(29-2)18(14-20)15-26(19-10-11-19)16-24(27)25-22-9-5-7-17-6-3-4-8-21(17)22/h3-9,12-14,19H,10-11,15-16H2,1-2H3,(H,25,27). The van der Waals surface area contributed by atoms with Gasteiger partial charge in [0, 0.05) is 29.2 Å². The first-order valence-electron chi connectivity index (χ1n) is 9.90. The number of carbonyl (C=O) groups excluding carboxylic acids is 1. The third-order valence-corrected chi connectivity index (χ3v) is 5.33. The fourth-order valence-corrected chi connectivity index (χ4v) is 3.69. The van der Waals surface area contributed by atoms with E-state index in [-0.39, 0.29) is 5.91 Å². The van der Waals surface area contributed by atoms with Crippen LogP contribution in [-0.4, -0.2) is 37.6 Å². The number of rotatable bonds is 8. The van der Waals surface area contributed by atoms with Gasteiger partial charge in [-0.05, 0) is 42.5 Å². The van der Waals surface area contributed by atoms with Crippen molar-refractivity contribution in [3.8, 4) is 11.5 Å². The van der Waals surface area contributed by atoms with Gasteiger partial charge in [0.25, 0.3) is 0 Å². The van der Waals surface area contributed by atoms with Gasteiger partial charge in [0.1, 0.15) is 11.5 Å². The molecule has 0 bridgehead atoms. The summed E-state index contributed by atoms with van der Waals surface area (Å²) in [6.45, 7) is 0.988. The molecule has 3 aromatic rings. The summed E-state index contributed by atoms with van der Waals surface area (Å²) in [5, 5.41) is 5.27. The SMILES string of the molecule is COc1ccc(OC)c(CN(CC(=O)Nc2cccc3ccccc23)C2CC2)c1. The smallest absolute Gasteiger partial charge is 0.238 e. The molecule has 1 aliphatic rings. The van der Waals surface area contributed by atoms with E-state index in [2.05, 4.69) is 22.3 Å². The number of benzene rings is 3. The van der Waals surface area contributed by atoms with Crippen LogP contribution in [0.25, 0.3) is 10.8 Å². The number of amides is 1. The number of ether oxygens (including phenoxy) is 2. The average Bonchev–Trinajstić information content (AvgIpc) is 3.59. The van der Waals surface area contributed by atoms with Gasteiger partial charge < -0.3 is 14.8 Å². The third kappa shape index (κ3) is 4.51. The number of nitrogens with one attached hydrogen (secondary N) is 1. The molecular weight excluding hydrogens is 364 g/mol. The largest absolute Gasteiger partial charge is 0.497 e. The molecule has 4 rings (SSSR count). The Bertz CT molecular complexity index is 1010. The first kappa shape index (κ1) is 19.3. The molecule has 0 heterocycles. The van der Waals surface area contributed by atoms with Gasteiger partial charge in [-0.15, -0.1) is 0 Å². The van der Waals surface area contributed by atoms with Crippen LogP contribution in [0.2, 0.25) is 0 Å². The fraction of sp³-hybridized carbons (Fsp3) is 0.292. The van der Waals surface area contributed by atoms with Gasteiger partial charge in [-0.1, -0.05) is 36.4 Å². The van der Waals surface area contributed by atoms with Crippen LogP contribution in [-0.2, 0) is 11.3 Å². The highest BCUT2D eigenvalue weighted by Gasteiger charge is 2.31. The maximum Gasteiger partial charge on any atom is 0.238 e. The van der Waals surface area contributed by atoms with Gasteiger partial charge in [0.2, 0.25) is 5.91 Å². The van der Waals surface area contributed by atoms with Crippen LogP contribution < -0.4 is 14.8 Å². The summed E-state index contributed by atoms with van der Waals surface area (Å²) >= 11 is 0. The molecule has 5 nitrogen and oxygen atoms in total. The van der Waals surface area contributed by atoms with Gasteiger partial charge in [-0.3, -0.25) is 9.69 Å². The van der Waals surface area contributed by atoms with E-state index in [1.54, 1.807) is 14.2 Å². The van der Waals surface area contributed by atoms with Crippen LogP contribution in [0.3, 0.4) is 0 Å². The van der Waals surface area contributed by atoms with Crippen molar-refractivity contribution in [3.63, 3.8) is 0 Å². The Morgan fingerprint density at radius 2 is 1.83 bits per heavy atom. The molecular formula is C24H26N2O3. The van der Waals surface area contributed by atoms with Crippen molar-refractivity contribution in [2.75, 3.05) is 26.1 Å². The highest BCUT2D eigenvalue weighted by atomic mass is 16.5. The van der Waals surface area contributed by atoms with E-state index in [0.717, 1.165) is 46.4 Å². The maximum atomic E-state index is 12.9. The number of hydrogen-bond acceptors (Lipinski definition) is 4. The molecule has 0 spiro atoms. The lowest BCUT2D eigenvalue weighted by Crippen LogP contribution is -2.34. The molecule has 1 saturated carbocycles. The summed E-state index contributed by atoms with van der Waals surface area (Å²) in [5.41, 5.74) is 1.87. The van der Waals surface area contributed by atoms with E-state index in [9.17, 15) is 4.79 Å². The number of carbonyl (C=O) groups is 1. The third-order valence-electron chi connectivity index (χ3n) is 5.33. The van der Waals surface area contributed by atoms with E-state index in [4.69, 9.17) is 9.47 Å². The fourth-order valence-electron chi connectivity index (χ4n) is 3.69. The molecule has 0 unspecified atom stereocenters. The molecule has 0 aliphatic heterocycles. The van der Waals surface area contributed by atoms with Crippen molar-refractivity contribution in [1.29, 1.82) is 0 Å². The lowest BCUT2D eigenvalue weighted by molar-refractivity contribution is -0.117. The summed E-state index contributed by atoms with van der Waals surface area (Å²) in [4.78, 5) is 15.1. The second-order valence-corrected chi connectivity index (χ2v) is 7.39. The first-order valence-corrected chi connectivity index (χ1v) is 9.90. The summed E-state index contributed by atoms with van der Waals surface area (Å²) in [6, 6.07) is 20.3. The van der Waals surface area contributed by atoms with Crippen LogP contribution in [0.4, 0.5) is 5.69 Å². The van der Waals surface area contributed by atoms with Crippen molar-refractivity contribution >= 4 is 22.4 Å². The molecule has 1 N–H and O–H groups in total. The van der Waals surface area contributed by atoms with Crippen LogP contribution in [0, 0.1) is 0 Å². The maximum absolute atomic E-state index is 12.9. The minimum absolute atomic E-state index is 0.00452. The van der Waals surface area contributed by atoms with Crippen LogP contribution in [0.15, 0.2) is 60.7 Å². The number of nitrogens with zero attached hydrogens (tertiary/aromatic N) is 1. The van der Waals surface area contributed by atoms with E-state index in [1.807, 2.05) is 48.5 Å². The summed E-state index contributed by atoms with van der Waals surface area (Å²) in [5.74, 6) is 1.60. The topological polar surface area (TPSA) is 50.8 Å². The van der Waals surface area contributed by atoms with Crippen LogP contribution in [0.5, 0.6) is 11.5 Å². The van der Waals surface area contributed by atoms with Crippen molar-refractivity contribution in [1.82, 2.24) is 4.90 Å². The molecule has 0 saturated heterocycles. The number of anilines is 1. The van der Waals surface area contributed by atoms with Crippen molar-refractivity contribution in [2.45, 2.75) is 25.4 Å². The second-order valence-electron chi connectivity index (χ2n) is 7.39. The van der Waals surface area contributed by atoms with E-state index < -0.39 is 0 Å². The Kier molecular flexibility index (Phi) is 5.67. The highest BCUT2D eigenvalue weighted by Crippen LogP contribution is 2.32. The molecule has 0 radical (unpaired) electrons.